The zero-order chi connectivity index (χ0) is 26.1. The van der Waals surface area contributed by atoms with Crippen molar-refractivity contribution in [3.63, 3.8) is 0 Å². The van der Waals surface area contributed by atoms with Gasteiger partial charge in [-0.3, -0.25) is 9.59 Å². The number of hydrogen-bond acceptors (Lipinski definition) is 5. The number of nitrogens with one attached hydrogen (secondary N) is 3. The minimum absolute atomic E-state index is 0.00131. The highest BCUT2D eigenvalue weighted by atomic mass is 19.1. The molecule has 2 amide bonds. The predicted molar refractivity (Wildman–Crippen MR) is 139 cm³/mol. The number of aromatic nitrogens is 3. The molecular formula is C28H34FN5O3. The number of aryl methyl sites for hydroxylation is 1. The highest BCUT2D eigenvalue weighted by Gasteiger charge is 2.31. The fourth-order valence-corrected chi connectivity index (χ4v) is 5.22. The molecule has 2 aliphatic rings. The van der Waals surface area contributed by atoms with Crippen LogP contribution in [0.3, 0.4) is 0 Å². The molecule has 2 aromatic heterocycles. The summed E-state index contributed by atoms with van der Waals surface area (Å²) in [6.45, 7) is 6.37. The zero-order valence-corrected chi connectivity index (χ0v) is 21.6. The molecule has 3 aromatic rings. The van der Waals surface area contributed by atoms with Gasteiger partial charge in [0.1, 0.15) is 29.1 Å². The van der Waals surface area contributed by atoms with E-state index in [9.17, 15) is 14.0 Å². The topological polar surface area (TPSA) is 109 Å². The normalized spacial score (nSPS) is 21.6. The highest BCUT2D eigenvalue weighted by molar-refractivity contribution is 6.09. The van der Waals surface area contributed by atoms with Crippen LogP contribution in [0, 0.1) is 24.6 Å². The predicted octanol–water partition coefficient (Wildman–Crippen LogP) is 4.67. The van der Waals surface area contributed by atoms with Crippen LogP contribution >= 0.6 is 0 Å². The van der Waals surface area contributed by atoms with Crippen LogP contribution < -0.4 is 15.4 Å². The van der Waals surface area contributed by atoms with Crippen molar-refractivity contribution in [2.75, 3.05) is 6.61 Å². The van der Waals surface area contributed by atoms with Gasteiger partial charge in [-0.2, -0.15) is 0 Å². The summed E-state index contributed by atoms with van der Waals surface area (Å²) in [5.41, 5.74) is 3.23. The van der Waals surface area contributed by atoms with E-state index in [1.54, 1.807) is 6.07 Å². The lowest BCUT2D eigenvalue weighted by atomic mass is 9.82. The number of aromatic amines is 1. The number of H-pyrrole nitrogens is 1. The second-order valence-electron chi connectivity index (χ2n) is 10.5. The monoisotopic (exact) mass is 507 g/mol. The minimum Gasteiger partial charge on any atom is -0.493 e. The van der Waals surface area contributed by atoms with Crippen LogP contribution in [0.25, 0.3) is 22.3 Å². The SMILES string of the molecule is CCC(=O)N[C@H]1CC[C@@H](NC(=O)c2c(C)[nH]c3c(-c4cc(F)ccc4OCC4CC4)ncnc23)[C@H](C)C1. The Morgan fingerprint density at radius 3 is 2.70 bits per heavy atom. The summed E-state index contributed by atoms with van der Waals surface area (Å²) in [4.78, 5) is 37.4. The van der Waals surface area contributed by atoms with Crippen LogP contribution in [0.2, 0.25) is 0 Å². The minimum atomic E-state index is -0.388. The van der Waals surface area contributed by atoms with Gasteiger partial charge in [0.2, 0.25) is 5.91 Å². The molecule has 2 saturated carbocycles. The molecule has 8 nitrogen and oxygen atoms in total. The Bertz CT molecular complexity index is 1320. The molecule has 37 heavy (non-hydrogen) atoms. The summed E-state index contributed by atoms with van der Waals surface area (Å²) in [5.74, 6) is 0.796. The van der Waals surface area contributed by atoms with Crippen LogP contribution in [0.5, 0.6) is 5.75 Å². The highest BCUT2D eigenvalue weighted by Crippen LogP contribution is 2.37. The van der Waals surface area contributed by atoms with Gasteiger partial charge in [0.05, 0.1) is 17.7 Å². The van der Waals surface area contributed by atoms with Crippen molar-refractivity contribution in [1.29, 1.82) is 0 Å². The first-order valence-electron chi connectivity index (χ1n) is 13.2. The van der Waals surface area contributed by atoms with Gasteiger partial charge in [0.15, 0.2) is 0 Å². The van der Waals surface area contributed by atoms with E-state index in [0.29, 0.717) is 58.2 Å². The molecule has 0 radical (unpaired) electrons. The van der Waals surface area contributed by atoms with Crippen LogP contribution in [0.4, 0.5) is 4.39 Å². The van der Waals surface area contributed by atoms with E-state index >= 15 is 0 Å². The lowest BCUT2D eigenvalue weighted by molar-refractivity contribution is -0.121. The number of benzene rings is 1. The molecule has 2 aliphatic carbocycles. The molecule has 0 bridgehead atoms. The molecule has 1 aromatic carbocycles. The molecule has 5 rings (SSSR count). The second-order valence-corrected chi connectivity index (χ2v) is 10.5. The van der Waals surface area contributed by atoms with E-state index in [-0.39, 0.29) is 35.6 Å². The fraction of sp³-hybridized carbons (Fsp3) is 0.500. The standard InChI is InChI=1S/C28H34FN5O3/c1-4-23(35)33-19-8-9-21(15(2)11-19)34-28(36)24-16(3)32-27-25(30-14-31-26(24)27)20-12-18(29)7-10-22(20)37-13-17-5-6-17/h7,10,12,14-15,17,19,21,32H,4-6,8-9,11,13H2,1-3H3,(H,33,35)(H,34,36)/t15-,19+,21-/m1/s1. The lowest BCUT2D eigenvalue weighted by Gasteiger charge is -2.35. The van der Waals surface area contributed by atoms with Gasteiger partial charge in [-0.05, 0) is 69.1 Å². The third-order valence-corrected chi connectivity index (χ3v) is 7.54. The average Bonchev–Trinajstić information content (AvgIpc) is 3.64. The smallest absolute Gasteiger partial charge is 0.255 e. The van der Waals surface area contributed by atoms with E-state index < -0.39 is 0 Å². The molecule has 0 aliphatic heterocycles. The summed E-state index contributed by atoms with van der Waals surface area (Å²) in [6.07, 6.45) is 6.60. The number of rotatable bonds is 8. The van der Waals surface area contributed by atoms with Crippen LogP contribution in [0.15, 0.2) is 24.5 Å². The van der Waals surface area contributed by atoms with Crippen molar-refractivity contribution in [3.8, 4) is 17.0 Å². The maximum atomic E-state index is 14.3. The van der Waals surface area contributed by atoms with E-state index in [2.05, 4.69) is 32.5 Å². The van der Waals surface area contributed by atoms with E-state index in [1.165, 1.54) is 18.5 Å². The molecule has 3 atom stereocenters. The molecule has 0 spiro atoms. The fourth-order valence-electron chi connectivity index (χ4n) is 5.22. The quantitative estimate of drug-likeness (QED) is 0.410. The molecule has 3 N–H and O–H groups in total. The largest absolute Gasteiger partial charge is 0.493 e. The average molecular weight is 508 g/mol. The molecule has 0 unspecified atom stereocenters. The van der Waals surface area contributed by atoms with Gasteiger partial charge in [0, 0.05) is 29.8 Å². The number of carbonyl (C=O) groups is 2. The van der Waals surface area contributed by atoms with Crippen molar-refractivity contribution >= 4 is 22.8 Å². The first kappa shape index (κ1) is 25.2. The number of halogens is 1. The Labute approximate surface area is 215 Å². The Morgan fingerprint density at radius 1 is 1.16 bits per heavy atom. The Hall–Kier alpha value is -3.49. The van der Waals surface area contributed by atoms with Crippen LogP contribution in [-0.4, -0.2) is 45.5 Å². The van der Waals surface area contributed by atoms with Gasteiger partial charge in [-0.15, -0.1) is 0 Å². The number of carbonyl (C=O) groups excluding carboxylic acids is 2. The summed E-state index contributed by atoms with van der Waals surface area (Å²) in [5, 5.41) is 6.27. The van der Waals surface area contributed by atoms with Crippen molar-refractivity contribution < 1.29 is 18.7 Å². The first-order chi connectivity index (χ1) is 17.8. The van der Waals surface area contributed by atoms with Crippen molar-refractivity contribution in [2.24, 2.45) is 11.8 Å². The zero-order valence-electron chi connectivity index (χ0n) is 21.6. The Balaban J connectivity index is 1.39. The first-order valence-corrected chi connectivity index (χ1v) is 13.2. The number of nitrogens with zero attached hydrogens (tertiary/aromatic N) is 2. The summed E-state index contributed by atoms with van der Waals surface area (Å²) >= 11 is 0. The Kier molecular flexibility index (Phi) is 7.13. The maximum Gasteiger partial charge on any atom is 0.255 e. The summed E-state index contributed by atoms with van der Waals surface area (Å²) < 4.78 is 20.3. The van der Waals surface area contributed by atoms with Gasteiger partial charge in [-0.1, -0.05) is 13.8 Å². The van der Waals surface area contributed by atoms with E-state index in [0.717, 1.165) is 32.1 Å². The molecule has 196 valence electrons. The van der Waals surface area contributed by atoms with Gasteiger partial charge in [0.25, 0.3) is 5.91 Å². The molecule has 2 fully saturated rings. The van der Waals surface area contributed by atoms with E-state index in [1.807, 2.05) is 13.8 Å². The summed E-state index contributed by atoms with van der Waals surface area (Å²) in [6, 6.07) is 4.57. The van der Waals surface area contributed by atoms with Crippen LogP contribution in [0.1, 0.15) is 68.4 Å². The lowest BCUT2D eigenvalue weighted by Crippen LogP contribution is -2.48. The van der Waals surface area contributed by atoms with Gasteiger partial charge in [-0.25, -0.2) is 14.4 Å². The number of ether oxygens (including phenoxy) is 1. The number of hydrogen-bond donors (Lipinski definition) is 3. The molecule has 2 heterocycles. The van der Waals surface area contributed by atoms with Crippen molar-refractivity contribution in [3.05, 3.63) is 41.6 Å². The Morgan fingerprint density at radius 2 is 1.97 bits per heavy atom. The third kappa shape index (κ3) is 5.45. The maximum absolute atomic E-state index is 14.3. The second kappa shape index (κ2) is 10.5. The van der Waals surface area contributed by atoms with Crippen LogP contribution in [-0.2, 0) is 4.79 Å². The van der Waals surface area contributed by atoms with Crippen molar-refractivity contribution in [2.45, 2.75) is 71.4 Å². The molecule has 0 saturated heterocycles. The van der Waals surface area contributed by atoms with E-state index in [4.69, 9.17) is 4.74 Å². The summed E-state index contributed by atoms with van der Waals surface area (Å²) in [7, 11) is 0. The van der Waals surface area contributed by atoms with Gasteiger partial charge >= 0.3 is 0 Å². The van der Waals surface area contributed by atoms with Crippen molar-refractivity contribution in [1.82, 2.24) is 25.6 Å². The molecular weight excluding hydrogens is 473 g/mol. The number of fused-ring (bicyclic) bond motifs is 1. The molecule has 9 heteroatoms. The van der Waals surface area contributed by atoms with Gasteiger partial charge < -0.3 is 20.4 Å². The third-order valence-electron chi connectivity index (χ3n) is 7.54. The number of amides is 2.